The normalized spacial score (nSPS) is 19.3. The number of carbonyl (C=O) groups excluding carboxylic acids is 1. The molecule has 2 rings (SSSR count). The molecule has 1 aliphatic heterocycles. The number of carbonyl (C=O) groups is 1. The van der Waals surface area contributed by atoms with Crippen molar-refractivity contribution in [1.29, 1.82) is 0 Å². The van der Waals surface area contributed by atoms with Gasteiger partial charge in [0.1, 0.15) is 11.5 Å². The Balaban J connectivity index is 2.10. The summed E-state index contributed by atoms with van der Waals surface area (Å²) in [6.07, 6.45) is 0. The van der Waals surface area contributed by atoms with Gasteiger partial charge in [-0.2, -0.15) is 0 Å². The molecule has 6 heteroatoms. The van der Waals surface area contributed by atoms with E-state index in [0.29, 0.717) is 44.2 Å². The average Bonchev–Trinajstić information content (AvgIpc) is 2.78. The number of furan rings is 1. The number of aliphatic hydroxyl groups is 1. The molecule has 1 N–H and O–H groups in total. The van der Waals surface area contributed by atoms with Gasteiger partial charge >= 0.3 is 0 Å². The van der Waals surface area contributed by atoms with Gasteiger partial charge in [-0.15, -0.1) is 0 Å². The molecule has 1 aromatic rings. The molecule has 1 aliphatic rings. The van der Waals surface area contributed by atoms with Gasteiger partial charge in [-0.05, 0) is 27.0 Å². The SMILES string of the molecule is Cc1cc(C(=O)N2CCOC[C@@H]2CN(C)CCO)c(C)o1. The molecule has 0 radical (unpaired) electrons. The van der Waals surface area contributed by atoms with Crippen LogP contribution in [0.3, 0.4) is 0 Å². The van der Waals surface area contributed by atoms with Crippen LogP contribution in [-0.4, -0.2) is 73.4 Å². The van der Waals surface area contributed by atoms with E-state index in [1.807, 2.05) is 30.7 Å². The van der Waals surface area contributed by atoms with E-state index in [4.69, 9.17) is 14.3 Å². The number of morpholine rings is 1. The fourth-order valence-electron chi connectivity index (χ4n) is 2.69. The Morgan fingerprint density at radius 1 is 1.52 bits per heavy atom. The van der Waals surface area contributed by atoms with Crippen molar-refractivity contribution in [3.63, 3.8) is 0 Å². The van der Waals surface area contributed by atoms with Crippen LogP contribution in [0.4, 0.5) is 0 Å². The predicted octanol–water partition coefficient (Wildman–Crippen LogP) is 0.662. The zero-order valence-corrected chi connectivity index (χ0v) is 13.0. The van der Waals surface area contributed by atoms with Crippen molar-refractivity contribution in [2.75, 3.05) is 46.5 Å². The Morgan fingerprint density at radius 2 is 2.29 bits per heavy atom. The van der Waals surface area contributed by atoms with Gasteiger partial charge in [-0.25, -0.2) is 0 Å². The molecule has 2 heterocycles. The van der Waals surface area contributed by atoms with Crippen molar-refractivity contribution in [3.05, 3.63) is 23.2 Å². The van der Waals surface area contributed by atoms with Crippen LogP contribution in [0.2, 0.25) is 0 Å². The molecule has 0 spiro atoms. The molecule has 21 heavy (non-hydrogen) atoms. The first-order valence-electron chi connectivity index (χ1n) is 7.28. The summed E-state index contributed by atoms with van der Waals surface area (Å²) < 4.78 is 11.0. The van der Waals surface area contributed by atoms with Gasteiger partial charge in [-0.3, -0.25) is 4.79 Å². The lowest BCUT2D eigenvalue weighted by molar-refractivity contribution is -0.0110. The van der Waals surface area contributed by atoms with Gasteiger partial charge in [0.25, 0.3) is 5.91 Å². The first-order valence-corrected chi connectivity index (χ1v) is 7.28. The lowest BCUT2D eigenvalue weighted by Gasteiger charge is -2.37. The van der Waals surface area contributed by atoms with E-state index in [1.165, 1.54) is 0 Å². The number of amides is 1. The number of rotatable bonds is 5. The highest BCUT2D eigenvalue weighted by atomic mass is 16.5. The Morgan fingerprint density at radius 3 is 2.90 bits per heavy atom. The van der Waals surface area contributed by atoms with Gasteiger partial charge in [0.2, 0.25) is 0 Å². The first kappa shape index (κ1) is 16.0. The summed E-state index contributed by atoms with van der Waals surface area (Å²) in [5, 5.41) is 8.99. The topological polar surface area (TPSA) is 66.2 Å². The molecule has 0 aliphatic carbocycles. The molecule has 1 amide bonds. The van der Waals surface area contributed by atoms with Gasteiger partial charge in [0.05, 0.1) is 31.4 Å². The van der Waals surface area contributed by atoms with Crippen molar-refractivity contribution < 1.29 is 19.1 Å². The van der Waals surface area contributed by atoms with Crippen LogP contribution in [0.1, 0.15) is 21.9 Å². The Bertz CT molecular complexity index is 486. The van der Waals surface area contributed by atoms with Crippen LogP contribution in [-0.2, 0) is 4.74 Å². The number of ether oxygens (including phenoxy) is 1. The second-order valence-corrected chi connectivity index (χ2v) is 5.54. The van der Waals surface area contributed by atoms with Crippen LogP contribution in [0.25, 0.3) is 0 Å². The van der Waals surface area contributed by atoms with Crippen molar-refractivity contribution in [1.82, 2.24) is 9.80 Å². The van der Waals surface area contributed by atoms with E-state index >= 15 is 0 Å². The first-order chi connectivity index (χ1) is 10.0. The van der Waals surface area contributed by atoms with E-state index < -0.39 is 0 Å². The second kappa shape index (κ2) is 7.06. The number of aliphatic hydroxyl groups excluding tert-OH is 1. The zero-order valence-electron chi connectivity index (χ0n) is 13.0. The standard InChI is InChI=1S/C15H24N2O4/c1-11-8-14(12(2)21-11)15(19)17-5-7-20-10-13(17)9-16(3)4-6-18/h8,13,18H,4-7,9-10H2,1-3H3/t13-/m0/s1. The van der Waals surface area contributed by atoms with Crippen LogP contribution in [0, 0.1) is 13.8 Å². The highest BCUT2D eigenvalue weighted by molar-refractivity contribution is 5.95. The summed E-state index contributed by atoms with van der Waals surface area (Å²) in [5.74, 6) is 1.40. The highest BCUT2D eigenvalue weighted by Crippen LogP contribution is 2.19. The monoisotopic (exact) mass is 296 g/mol. The Kier molecular flexibility index (Phi) is 5.39. The summed E-state index contributed by atoms with van der Waals surface area (Å²) in [6.45, 7) is 6.70. The third kappa shape index (κ3) is 3.84. The van der Waals surface area contributed by atoms with E-state index in [9.17, 15) is 4.79 Å². The van der Waals surface area contributed by atoms with Crippen molar-refractivity contribution in [3.8, 4) is 0 Å². The van der Waals surface area contributed by atoms with E-state index in [-0.39, 0.29) is 18.6 Å². The van der Waals surface area contributed by atoms with E-state index in [1.54, 1.807) is 6.07 Å². The molecule has 118 valence electrons. The van der Waals surface area contributed by atoms with Gasteiger partial charge in [-0.1, -0.05) is 0 Å². The lowest BCUT2D eigenvalue weighted by Crippen LogP contribution is -2.53. The molecule has 0 saturated carbocycles. The molecule has 0 bridgehead atoms. The van der Waals surface area contributed by atoms with Gasteiger partial charge < -0.3 is 24.1 Å². The maximum atomic E-state index is 12.7. The zero-order chi connectivity index (χ0) is 15.4. The fraction of sp³-hybridized carbons (Fsp3) is 0.667. The third-order valence-corrected chi connectivity index (χ3v) is 3.76. The van der Waals surface area contributed by atoms with Crippen LogP contribution in [0.15, 0.2) is 10.5 Å². The lowest BCUT2D eigenvalue weighted by atomic mass is 10.1. The maximum absolute atomic E-state index is 12.7. The Hall–Kier alpha value is -1.37. The number of aryl methyl sites for hydroxylation is 2. The molecule has 0 aromatic carbocycles. The molecular formula is C15H24N2O4. The fourth-order valence-corrected chi connectivity index (χ4v) is 2.69. The summed E-state index contributed by atoms with van der Waals surface area (Å²) >= 11 is 0. The number of likely N-dealkylation sites (N-methyl/N-ethyl adjacent to an activating group) is 1. The number of hydrogen-bond donors (Lipinski definition) is 1. The molecule has 1 saturated heterocycles. The summed E-state index contributed by atoms with van der Waals surface area (Å²) in [7, 11) is 1.93. The third-order valence-electron chi connectivity index (χ3n) is 3.76. The van der Waals surface area contributed by atoms with Crippen LogP contribution in [0.5, 0.6) is 0 Å². The minimum Gasteiger partial charge on any atom is -0.466 e. The van der Waals surface area contributed by atoms with Gasteiger partial charge in [0.15, 0.2) is 0 Å². The molecule has 0 unspecified atom stereocenters. The predicted molar refractivity (Wildman–Crippen MR) is 78.4 cm³/mol. The van der Waals surface area contributed by atoms with Crippen LogP contribution < -0.4 is 0 Å². The van der Waals surface area contributed by atoms with E-state index in [0.717, 1.165) is 5.76 Å². The Labute approximate surface area is 125 Å². The van der Waals surface area contributed by atoms with Gasteiger partial charge in [0, 0.05) is 19.6 Å². The maximum Gasteiger partial charge on any atom is 0.257 e. The molecular weight excluding hydrogens is 272 g/mol. The van der Waals surface area contributed by atoms with Crippen molar-refractivity contribution in [2.45, 2.75) is 19.9 Å². The second-order valence-electron chi connectivity index (χ2n) is 5.54. The smallest absolute Gasteiger partial charge is 0.257 e. The molecule has 1 fully saturated rings. The largest absolute Gasteiger partial charge is 0.466 e. The van der Waals surface area contributed by atoms with E-state index in [2.05, 4.69) is 0 Å². The van der Waals surface area contributed by atoms with Crippen LogP contribution >= 0.6 is 0 Å². The highest BCUT2D eigenvalue weighted by Gasteiger charge is 2.30. The molecule has 1 aromatic heterocycles. The average molecular weight is 296 g/mol. The van der Waals surface area contributed by atoms with Crippen molar-refractivity contribution >= 4 is 5.91 Å². The minimum atomic E-state index is -0.00458. The summed E-state index contributed by atoms with van der Waals surface area (Å²) in [5.41, 5.74) is 0.629. The summed E-state index contributed by atoms with van der Waals surface area (Å²) in [4.78, 5) is 16.6. The summed E-state index contributed by atoms with van der Waals surface area (Å²) in [6, 6.07) is 1.79. The molecule has 6 nitrogen and oxygen atoms in total. The number of nitrogens with zero attached hydrogens (tertiary/aromatic N) is 2. The minimum absolute atomic E-state index is 0.00240. The quantitative estimate of drug-likeness (QED) is 0.865. The molecule has 1 atom stereocenters. The number of hydrogen-bond acceptors (Lipinski definition) is 5. The van der Waals surface area contributed by atoms with Crippen molar-refractivity contribution in [2.24, 2.45) is 0 Å².